The summed E-state index contributed by atoms with van der Waals surface area (Å²) in [6.07, 6.45) is 0.293. The number of furan rings is 1. The van der Waals surface area contributed by atoms with Crippen molar-refractivity contribution in [1.82, 2.24) is 5.32 Å². The van der Waals surface area contributed by atoms with E-state index in [2.05, 4.69) is 5.32 Å². The number of carbonyl (C=O) groups excluding carboxylic acids is 1. The molecular formula is C22H23NO4. The van der Waals surface area contributed by atoms with Crippen LogP contribution in [-0.2, 0) is 9.53 Å². The molecule has 2 aromatic carbocycles. The Balaban J connectivity index is 1.95. The maximum atomic E-state index is 12.6. The molecule has 1 aromatic heterocycles. The lowest BCUT2D eigenvalue weighted by Gasteiger charge is -2.27. The summed E-state index contributed by atoms with van der Waals surface area (Å²) in [5.74, 6) is -0.223. The molecule has 0 radical (unpaired) electrons. The van der Waals surface area contributed by atoms with Crippen LogP contribution >= 0.6 is 0 Å². The molecule has 0 unspecified atom stereocenters. The number of esters is 1. The van der Waals surface area contributed by atoms with Crippen LogP contribution in [-0.4, -0.2) is 23.7 Å². The Hall–Kier alpha value is -2.89. The Labute approximate surface area is 158 Å². The van der Waals surface area contributed by atoms with Gasteiger partial charge in [-0.1, -0.05) is 60.7 Å². The van der Waals surface area contributed by atoms with Gasteiger partial charge in [-0.3, -0.25) is 10.1 Å². The predicted molar refractivity (Wildman–Crippen MR) is 102 cm³/mol. The monoisotopic (exact) mass is 365 g/mol. The largest absolute Gasteiger partial charge is 0.467 e. The van der Waals surface area contributed by atoms with Crippen LogP contribution < -0.4 is 5.32 Å². The number of hydrogen-bond donors (Lipinski definition) is 2. The van der Waals surface area contributed by atoms with Crippen LogP contribution in [0.15, 0.2) is 83.5 Å². The summed E-state index contributed by atoms with van der Waals surface area (Å²) in [4.78, 5) is 12.6. The first-order chi connectivity index (χ1) is 13.2. The van der Waals surface area contributed by atoms with E-state index in [4.69, 9.17) is 9.15 Å². The molecular weight excluding hydrogens is 342 g/mol. The molecule has 3 aromatic rings. The minimum absolute atomic E-state index is 0.225. The van der Waals surface area contributed by atoms with Crippen molar-refractivity contribution >= 4 is 5.97 Å². The van der Waals surface area contributed by atoms with Gasteiger partial charge in [0, 0.05) is 0 Å². The summed E-state index contributed by atoms with van der Waals surface area (Å²) >= 11 is 0. The fourth-order valence-corrected chi connectivity index (χ4v) is 3.00. The van der Waals surface area contributed by atoms with E-state index >= 15 is 0 Å². The van der Waals surface area contributed by atoms with Crippen LogP contribution in [0.5, 0.6) is 0 Å². The highest BCUT2D eigenvalue weighted by Crippen LogP contribution is 2.26. The van der Waals surface area contributed by atoms with E-state index in [1.54, 1.807) is 19.1 Å². The topological polar surface area (TPSA) is 71.7 Å². The van der Waals surface area contributed by atoms with E-state index < -0.39 is 18.1 Å². The Bertz CT molecular complexity index is 779. The predicted octanol–water partition coefficient (Wildman–Crippen LogP) is 3.62. The van der Waals surface area contributed by atoms with Crippen LogP contribution in [0.3, 0.4) is 0 Å². The van der Waals surface area contributed by atoms with Crippen molar-refractivity contribution in [2.24, 2.45) is 0 Å². The van der Waals surface area contributed by atoms with Crippen LogP contribution in [0.2, 0.25) is 0 Å². The molecule has 0 saturated carbocycles. The van der Waals surface area contributed by atoms with Gasteiger partial charge in [0.15, 0.2) is 0 Å². The van der Waals surface area contributed by atoms with E-state index in [-0.39, 0.29) is 12.6 Å². The third-order valence-electron chi connectivity index (χ3n) is 4.30. The quantitative estimate of drug-likeness (QED) is 0.597. The molecule has 0 fully saturated rings. The number of aliphatic hydroxyl groups excluding tert-OH is 1. The third-order valence-corrected chi connectivity index (χ3v) is 4.30. The maximum absolute atomic E-state index is 12.6. The molecule has 2 N–H and O–H groups in total. The van der Waals surface area contributed by atoms with Gasteiger partial charge in [0.25, 0.3) is 0 Å². The van der Waals surface area contributed by atoms with Crippen LogP contribution in [0.4, 0.5) is 0 Å². The number of benzene rings is 2. The lowest BCUT2D eigenvalue weighted by molar-refractivity contribution is -0.149. The molecule has 5 heteroatoms. The minimum atomic E-state index is -1.17. The minimum Gasteiger partial charge on any atom is -0.467 e. The fraction of sp³-hybridized carbons (Fsp3) is 0.227. The van der Waals surface area contributed by atoms with E-state index in [1.165, 1.54) is 6.26 Å². The van der Waals surface area contributed by atoms with Gasteiger partial charge in [-0.2, -0.15) is 0 Å². The van der Waals surface area contributed by atoms with E-state index in [9.17, 15) is 9.90 Å². The highest BCUT2D eigenvalue weighted by atomic mass is 16.5. The lowest BCUT2D eigenvalue weighted by atomic mass is 9.96. The first-order valence-electron chi connectivity index (χ1n) is 8.94. The second-order valence-electron chi connectivity index (χ2n) is 6.11. The summed E-state index contributed by atoms with van der Waals surface area (Å²) in [5.41, 5.74) is 1.95. The first kappa shape index (κ1) is 18.9. The van der Waals surface area contributed by atoms with Crippen molar-refractivity contribution in [3.8, 4) is 0 Å². The molecule has 0 amide bonds. The normalized spacial score (nSPS) is 13.3. The van der Waals surface area contributed by atoms with Crippen molar-refractivity contribution in [3.63, 3.8) is 0 Å². The highest BCUT2D eigenvalue weighted by Gasteiger charge is 2.33. The average molecular weight is 365 g/mol. The SMILES string of the molecule is CCOC(=O)[C@H](NC(c1ccccc1)c1ccccc1)[C@@H](O)c1ccco1. The zero-order valence-corrected chi connectivity index (χ0v) is 15.1. The number of hydrogen-bond acceptors (Lipinski definition) is 5. The van der Waals surface area contributed by atoms with Crippen LogP contribution in [0, 0.1) is 0 Å². The Morgan fingerprint density at radius 1 is 1.00 bits per heavy atom. The van der Waals surface area contributed by atoms with Crippen LogP contribution in [0.25, 0.3) is 0 Å². The third kappa shape index (κ3) is 4.64. The molecule has 0 saturated heterocycles. The molecule has 0 bridgehead atoms. The molecule has 3 rings (SSSR count). The fourth-order valence-electron chi connectivity index (χ4n) is 3.00. The van der Waals surface area contributed by atoms with Gasteiger partial charge in [0.05, 0.1) is 18.9 Å². The zero-order valence-electron chi connectivity index (χ0n) is 15.1. The molecule has 0 aliphatic rings. The summed E-state index contributed by atoms with van der Waals surface area (Å²) in [6, 6.07) is 21.6. The molecule has 27 heavy (non-hydrogen) atoms. The number of aliphatic hydroxyl groups is 1. The highest BCUT2D eigenvalue weighted by molar-refractivity contribution is 5.77. The molecule has 0 spiro atoms. The van der Waals surface area contributed by atoms with E-state index in [1.807, 2.05) is 60.7 Å². The van der Waals surface area contributed by atoms with Gasteiger partial charge >= 0.3 is 5.97 Å². The van der Waals surface area contributed by atoms with Gasteiger partial charge in [-0.25, -0.2) is 0 Å². The summed E-state index contributed by atoms with van der Waals surface area (Å²) in [6.45, 7) is 1.96. The van der Waals surface area contributed by atoms with Crippen molar-refractivity contribution in [3.05, 3.63) is 95.9 Å². The zero-order chi connectivity index (χ0) is 19.1. The summed E-state index contributed by atoms with van der Waals surface area (Å²) < 4.78 is 10.5. The van der Waals surface area contributed by atoms with Gasteiger partial charge in [0.1, 0.15) is 17.9 Å². The van der Waals surface area contributed by atoms with Crippen molar-refractivity contribution in [2.75, 3.05) is 6.61 Å². The number of ether oxygens (including phenoxy) is 1. The van der Waals surface area contributed by atoms with Gasteiger partial charge in [0.2, 0.25) is 0 Å². The molecule has 1 heterocycles. The van der Waals surface area contributed by atoms with Gasteiger partial charge in [-0.05, 0) is 30.2 Å². The average Bonchev–Trinajstić information content (AvgIpc) is 3.25. The molecule has 5 nitrogen and oxygen atoms in total. The second kappa shape index (κ2) is 9.16. The van der Waals surface area contributed by atoms with Gasteiger partial charge < -0.3 is 14.3 Å². The number of carbonyl (C=O) groups is 1. The molecule has 0 aliphatic carbocycles. The van der Waals surface area contributed by atoms with Crippen molar-refractivity contribution < 1.29 is 19.1 Å². The summed E-state index contributed by atoms with van der Waals surface area (Å²) in [5, 5.41) is 14.0. The standard InChI is InChI=1S/C22H23NO4/c1-2-26-22(25)20(21(24)18-14-9-15-27-18)23-19(16-10-5-3-6-11-16)17-12-7-4-8-13-17/h3-15,19-21,23-24H,2H2,1H3/t20-,21+/m1/s1. The smallest absolute Gasteiger partial charge is 0.326 e. The Morgan fingerprint density at radius 2 is 1.59 bits per heavy atom. The number of rotatable bonds is 8. The van der Waals surface area contributed by atoms with Crippen molar-refractivity contribution in [2.45, 2.75) is 25.1 Å². The Morgan fingerprint density at radius 3 is 2.07 bits per heavy atom. The number of nitrogens with one attached hydrogen (secondary N) is 1. The maximum Gasteiger partial charge on any atom is 0.326 e. The van der Waals surface area contributed by atoms with Crippen molar-refractivity contribution in [1.29, 1.82) is 0 Å². The van der Waals surface area contributed by atoms with E-state index in [0.717, 1.165) is 11.1 Å². The van der Waals surface area contributed by atoms with Crippen LogP contribution in [0.1, 0.15) is 36.0 Å². The molecule has 2 atom stereocenters. The molecule has 0 aliphatic heterocycles. The first-order valence-corrected chi connectivity index (χ1v) is 8.94. The summed E-state index contributed by atoms with van der Waals surface area (Å²) in [7, 11) is 0. The lowest BCUT2D eigenvalue weighted by Crippen LogP contribution is -2.45. The Kier molecular flexibility index (Phi) is 6.41. The van der Waals surface area contributed by atoms with E-state index in [0.29, 0.717) is 5.76 Å². The molecule has 140 valence electrons. The van der Waals surface area contributed by atoms with Gasteiger partial charge in [-0.15, -0.1) is 0 Å². The second-order valence-corrected chi connectivity index (χ2v) is 6.11.